The van der Waals surface area contributed by atoms with Crippen LogP contribution < -0.4 is 22.5 Å². The van der Waals surface area contributed by atoms with E-state index in [1.54, 1.807) is 0 Å². The Kier molecular flexibility index (Phi) is 11.1. The van der Waals surface area contributed by atoms with Crippen molar-refractivity contribution in [2.45, 2.75) is 18.9 Å². The highest BCUT2D eigenvalue weighted by atomic mass is 16.4. The average molecular weight is 305 g/mol. The van der Waals surface area contributed by atoms with Crippen molar-refractivity contribution in [2.24, 2.45) is 17.2 Å². The van der Waals surface area contributed by atoms with Crippen molar-refractivity contribution in [1.82, 2.24) is 10.2 Å². The minimum atomic E-state index is -1.00. The van der Waals surface area contributed by atoms with Crippen molar-refractivity contribution in [2.75, 3.05) is 20.1 Å². The van der Waals surface area contributed by atoms with Gasteiger partial charge >= 0.3 is 11.9 Å². The van der Waals surface area contributed by atoms with Gasteiger partial charge in [-0.2, -0.15) is 0 Å². The van der Waals surface area contributed by atoms with Gasteiger partial charge in [0.1, 0.15) is 12.6 Å². The van der Waals surface area contributed by atoms with E-state index in [9.17, 15) is 9.59 Å². The van der Waals surface area contributed by atoms with Crippen molar-refractivity contribution in [3.8, 4) is 0 Å². The van der Waals surface area contributed by atoms with Crippen LogP contribution in [0.4, 0.5) is 0 Å². The zero-order chi connectivity index (χ0) is 17.0. The van der Waals surface area contributed by atoms with Gasteiger partial charge < -0.3 is 37.6 Å². The zero-order valence-corrected chi connectivity index (χ0v) is 11.8. The Morgan fingerprint density at radius 3 is 2.10 bits per heavy atom. The fourth-order valence-electron chi connectivity index (χ4n) is 0.957. The van der Waals surface area contributed by atoms with Crippen LogP contribution in [-0.4, -0.2) is 65.1 Å². The number of guanidine groups is 2. The number of hydrogen-bond acceptors (Lipinski definition) is 5. The molecule has 1 unspecified atom stereocenters. The molecule has 0 radical (unpaired) electrons. The van der Waals surface area contributed by atoms with Crippen LogP contribution in [0.5, 0.6) is 0 Å². The van der Waals surface area contributed by atoms with Crippen LogP contribution in [0, 0.1) is 10.8 Å². The van der Waals surface area contributed by atoms with Gasteiger partial charge in [0.15, 0.2) is 11.9 Å². The Labute approximate surface area is 122 Å². The molecule has 0 aromatic rings. The van der Waals surface area contributed by atoms with E-state index in [0.29, 0.717) is 19.4 Å². The number of carboxylic acid groups (broad SMARTS) is 2. The first-order chi connectivity index (χ1) is 9.57. The second kappa shape index (κ2) is 11.3. The average Bonchev–Trinajstić information content (AvgIpc) is 2.33. The minimum Gasteiger partial charge on any atom is -0.480 e. The molecule has 0 aromatic heterocycles. The number of nitrogens with two attached hydrogens (primary N) is 3. The first-order valence-electron chi connectivity index (χ1n) is 5.91. The summed E-state index contributed by atoms with van der Waals surface area (Å²) in [6.07, 6.45) is 0.975. The molecule has 0 rings (SSSR count). The second-order valence-corrected chi connectivity index (χ2v) is 4.06. The van der Waals surface area contributed by atoms with E-state index >= 15 is 0 Å². The highest BCUT2D eigenvalue weighted by molar-refractivity contribution is 5.80. The quantitative estimate of drug-likeness (QED) is 0.142. The van der Waals surface area contributed by atoms with Crippen LogP contribution in [0.3, 0.4) is 0 Å². The third-order valence-corrected chi connectivity index (χ3v) is 2.11. The third-order valence-electron chi connectivity index (χ3n) is 2.11. The maximum atomic E-state index is 10.2. The summed E-state index contributed by atoms with van der Waals surface area (Å²) < 4.78 is 0. The molecule has 11 heteroatoms. The monoisotopic (exact) mass is 305 g/mol. The summed E-state index contributed by atoms with van der Waals surface area (Å²) in [5, 5.41) is 32.6. The molecule has 1 atom stereocenters. The number of nitrogens with one attached hydrogen (secondary N) is 3. The number of likely N-dealkylation sites (N-methyl/N-ethyl adjacent to an activating group) is 1. The van der Waals surface area contributed by atoms with Gasteiger partial charge in [-0.25, -0.2) is 0 Å². The molecule has 0 aliphatic carbocycles. The molecule has 11 nitrogen and oxygen atoms in total. The normalized spacial score (nSPS) is 10.6. The molecule has 122 valence electrons. The van der Waals surface area contributed by atoms with Crippen molar-refractivity contribution >= 4 is 23.9 Å². The fraction of sp³-hybridized carbons (Fsp3) is 0.600. The van der Waals surface area contributed by atoms with Crippen molar-refractivity contribution in [3.63, 3.8) is 0 Å². The van der Waals surface area contributed by atoms with Crippen LogP contribution in [0.2, 0.25) is 0 Å². The van der Waals surface area contributed by atoms with E-state index in [2.05, 4.69) is 5.32 Å². The lowest BCUT2D eigenvalue weighted by atomic mass is 10.2. The standard InChI is InChI=1S/C6H14N4O2.C4H9N3O2/c7-4(5(11)12)2-1-3-10-6(8)9;1-7(4(5)6)2-3(8)9/h4H,1-3,7H2,(H,11,12)(H4,8,9,10);2H2,1H3,(H3,5,6)(H,8,9). The number of rotatable bonds is 7. The summed E-state index contributed by atoms with van der Waals surface area (Å²) in [4.78, 5) is 21.3. The number of carboxylic acids is 2. The maximum absolute atomic E-state index is 10.2. The molecule has 0 fully saturated rings. The zero-order valence-electron chi connectivity index (χ0n) is 11.8. The summed E-state index contributed by atoms with van der Waals surface area (Å²) in [6, 6.07) is -0.821. The van der Waals surface area contributed by atoms with Gasteiger partial charge in [-0.3, -0.25) is 20.4 Å². The predicted octanol–water partition coefficient (Wildman–Crippen LogP) is -2.44. The number of nitrogens with zero attached hydrogens (tertiary/aromatic N) is 1. The first kappa shape index (κ1) is 20.8. The Balaban J connectivity index is 0. The molecule has 0 bridgehead atoms. The van der Waals surface area contributed by atoms with Gasteiger partial charge in [0.05, 0.1) is 0 Å². The van der Waals surface area contributed by atoms with E-state index in [4.69, 9.17) is 38.2 Å². The van der Waals surface area contributed by atoms with Crippen LogP contribution in [0.15, 0.2) is 0 Å². The molecule has 0 aromatic carbocycles. The summed E-state index contributed by atoms with van der Waals surface area (Å²) in [5.74, 6) is -2.35. The number of carbonyl (C=O) groups is 2. The van der Waals surface area contributed by atoms with Crippen LogP contribution in [0.25, 0.3) is 0 Å². The Bertz CT molecular complexity index is 374. The van der Waals surface area contributed by atoms with Crippen LogP contribution >= 0.6 is 0 Å². The van der Waals surface area contributed by atoms with E-state index < -0.39 is 18.0 Å². The lowest BCUT2D eigenvalue weighted by Crippen LogP contribution is -2.36. The maximum Gasteiger partial charge on any atom is 0.323 e. The van der Waals surface area contributed by atoms with Crippen LogP contribution in [-0.2, 0) is 9.59 Å². The van der Waals surface area contributed by atoms with Crippen molar-refractivity contribution in [3.05, 3.63) is 0 Å². The molecule has 21 heavy (non-hydrogen) atoms. The predicted molar refractivity (Wildman–Crippen MR) is 76.9 cm³/mol. The summed E-state index contributed by atoms with van der Waals surface area (Å²) in [5.41, 5.74) is 15.1. The first-order valence-corrected chi connectivity index (χ1v) is 5.91. The number of aliphatic carboxylic acids is 2. The summed E-state index contributed by atoms with van der Waals surface area (Å²) in [7, 11) is 1.44. The molecule has 0 saturated carbocycles. The van der Waals surface area contributed by atoms with Gasteiger partial charge in [-0.1, -0.05) is 0 Å². The highest BCUT2D eigenvalue weighted by Crippen LogP contribution is 1.92. The molecule has 0 heterocycles. The minimum absolute atomic E-state index is 0.112. The molecular weight excluding hydrogens is 282 g/mol. The van der Waals surface area contributed by atoms with Crippen molar-refractivity contribution < 1.29 is 19.8 Å². The lowest BCUT2D eigenvalue weighted by molar-refractivity contribution is -0.139. The summed E-state index contributed by atoms with van der Waals surface area (Å²) >= 11 is 0. The van der Waals surface area contributed by atoms with E-state index in [1.807, 2.05) is 0 Å². The van der Waals surface area contributed by atoms with Gasteiger partial charge in [0.25, 0.3) is 0 Å². The van der Waals surface area contributed by atoms with E-state index in [0.717, 1.165) is 4.90 Å². The second-order valence-electron chi connectivity index (χ2n) is 4.06. The molecule has 0 saturated heterocycles. The molecule has 0 aliphatic rings. The highest BCUT2D eigenvalue weighted by Gasteiger charge is 2.09. The molecule has 11 N–H and O–H groups in total. The summed E-state index contributed by atoms with van der Waals surface area (Å²) in [6.45, 7) is 0.256. The molecule has 0 aliphatic heterocycles. The van der Waals surface area contributed by atoms with Crippen molar-refractivity contribution in [1.29, 1.82) is 10.8 Å². The molecule has 0 amide bonds. The van der Waals surface area contributed by atoms with Gasteiger partial charge in [-0.15, -0.1) is 0 Å². The molecule has 0 spiro atoms. The lowest BCUT2D eigenvalue weighted by Gasteiger charge is -2.12. The Hall–Kier alpha value is -2.56. The topological polar surface area (TPSA) is 216 Å². The van der Waals surface area contributed by atoms with Gasteiger partial charge in [-0.05, 0) is 12.8 Å². The van der Waals surface area contributed by atoms with E-state index in [1.165, 1.54) is 7.05 Å². The fourth-order valence-corrected chi connectivity index (χ4v) is 0.957. The van der Waals surface area contributed by atoms with E-state index in [-0.39, 0.29) is 18.5 Å². The molecular formula is C10H23N7O4. The largest absolute Gasteiger partial charge is 0.480 e. The van der Waals surface area contributed by atoms with Crippen LogP contribution in [0.1, 0.15) is 12.8 Å². The Morgan fingerprint density at radius 2 is 1.81 bits per heavy atom. The smallest absolute Gasteiger partial charge is 0.323 e. The SMILES string of the molecule is CN(CC(=O)O)C(=N)N.N=C(N)NCCCC(N)C(=O)O. The third kappa shape index (κ3) is 15.4. The van der Waals surface area contributed by atoms with Gasteiger partial charge in [0.2, 0.25) is 0 Å². The Morgan fingerprint density at radius 1 is 1.29 bits per heavy atom. The number of hydrogen-bond donors (Lipinski definition) is 8. The van der Waals surface area contributed by atoms with Gasteiger partial charge in [0, 0.05) is 13.6 Å².